The Bertz CT molecular complexity index is 888. The Balaban J connectivity index is 2.05. The van der Waals surface area contributed by atoms with Crippen LogP contribution in [-0.2, 0) is 26.7 Å². The summed E-state index contributed by atoms with van der Waals surface area (Å²) in [6, 6.07) is 29.0. The molecule has 0 fully saturated rings. The monoisotopic (exact) mass is 425 g/mol. The predicted molar refractivity (Wildman–Crippen MR) is 119 cm³/mol. The van der Waals surface area contributed by atoms with Gasteiger partial charge in [0.2, 0.25) is 0 Å². The maximum Gasteiger partial charge on any atom is 0.350 e. The van der Waals surface area contributed by atoms with Crippen molar-refractivity contribution < 1.29 is 18.7 Å². The molecule has 0 aliphatic rings. The van der Waals surface area contributed by atoms with Crippen LogP contribution in [-0.4, -0.2) is 30.0 Å². The smallest absolute Gasteiger partial charge is 0.350 e. The Morgan fingerprint density at radius 2 is 1.17 bits per heavy atom. The molecule has 0 unspecified atom stereocenters. The lowest BCUT2D eigenvalue weighted by Crippen LogP contribution is -2.39. The largest absolute Gasteiger partial charge is 0.386 e. The van der Waals surface area contributed by atoms with Crippen molar-refractivity contribution in [1.82, 2.24) is 4.90 Å². The molecule has 0 aliphatic carbocycles. The first-order chi connectivity index (χ1) is 14.6. The molecule has 0 spiro atoms. The van der Waals surface area contributed by atoms with Crippen molar-refractivity contribution in [3.05, 3.63) is 108 Å². The molecule has 0 amide bonds. The molecule has 0 bridgehead atoms. The van der Waals surface area contributed by atoms with E-state index < -0.39 is 19.5 Å². The van der Waals surface area contributed by atoms with E-state index in [0.717, 1.165) is 11.1 Å². The molecule has 158 valence electrons. The van der Waals surface area contributed by atoms with E-state index in [4.69, 9.17) is 9.05 Å². The molecule has 3 aromatic carbocycles. The molecule has 1 N–H and O–H groups in total. The third kappa shape index (κ3) is 5.45. The van der Waals surface area contributed by atoms with Gasteiger partial charge in [0.25, 0.3) is 0 Å². The van der Waals surface area contributed by atoms with Crippen LogP contribution < -0.4 is 0 Å². The Hall–Kier alpha value is -2.27. The number of nitrogens with zero attached hydrogens (tertiary/aromatic N) is 1. The van der Waals surface area contributed by atoms with Gasteiger partial charge < -0.3 is 14.2 Å². The van der Waals surface area contributed by atoms with Gasteiger partial charge in [-0.1, -0.05) is 91.0 Å². The van der Waals surface area contributed by atoms with Crippen molar-refractivity contribution >= 4 is 7.60 Å². The van der Waals surface area contributed by atoms with Gasteiger partial charge in [0.15, 0.2) is 0 Å². The first kappa shape index (κ1) is 22.4. The second kappa shape index (κ2) is 10.7. The third-order valence-electron chi connectivity index (χ3n) is 5.09. The molecular formula is C24H28NO4P. The van der Waals surface area contributed by atoms with Gasteiger partial charge in [0.05, 0.1) is 0 Å². The van der Waals surface area contributed by atoms with Gasteiger partial charge in [-0.05, 0) is 16.7 Å². The molecule has 5 nitrogen and oxygen atoms in total. The molecule has 6 heteroatoms. The van der Waals surface area contributed by atoms with Crippen molar-refractivity contribution in [3.63, 3.8) is 0 Å². The van der Waals surface area contributed by atoms with Crippen LogP contribution in [0.4, 0.5) is 0 Å². The van der Waals surface area contributed by atoms with Crippen molar-refractivity contribution in [2.24, 2.45) is 0 Å². The van der Waals surface area contributed by atoms with Crippen LogP contribution in [0.2, 0.25) is 0 Å². The Labute approximate surface area is 178 Å². The van der Waals surface area contributed by atoms with Gasteiger partial charge in [-0.2, -0.15) is 0 Å². The zero-order valence-electron chi connectivity index (χ0n) is 17.3. The molecule has 0 aliphatic heterocycles. The highest BCUT2D eigenvalue weighted by Crippen LogP contribution is 2.57. The van der Waals surface area contributed by atoms with E-state index in [1.54, 1.807) is 0 Å². The van der Waals surface area contributed by atoms with Crippen LogP contribution in [0.5, 0.6) is 0 Å². The van der Waals surface area contributed by atoms with Crippen LogP contribution in [0.1, 0.15) is 22.8 Å². The summed E-state index contributed by atoms with van der Waals surface area (Å²) in [5.41, 5.74) is 2.73. The van der Waals surface area contributed by atoms with Gasteiger partial charge in [0, 0.05) is 27.3 Å². The molecule has 0 saturated heterocycles. The summed E-state index contributed by atoms with van der Waals surface area (Å²) in [6.07, 6.45) is -1.07. The Morgan fingerprint density at radius 3 is 1.57 bits per heavy atom. The maximum absolute atomic E-state index is 13.6. The highest BCUT2D eigenvalue weighted by molar-refractivity contribution is 7.54. The number of aliphatic hydroxyl groups is 1. The zero-order valence-corrected chi connectivity index (χ0v) is 18.2. The number of benzene rings is 3. The third-order valence-corrected chi connectivity index (χ3v) is 7.36. The van der Waals surface area contributed by atoms with Gasteiger partial charge in [-0.25, -0.2) is 0 Å². The summed E-state index contributed by atoms with van der Waals surface area (Å²) in [4.78, 5) is 1.97. The van der Waals surface area contributed by atoms with E-state index in [1.165, 1.54) is 14.2 Å². The quantitative estimate of drug-likeness (QED) is 0.451. The minimum atomic E-state index is -3.67. The molecule has 2 atom stereocenters. The SMILES string of the molecule is COP(=O)(OC)[C@@H]([C@H](O)c1ccccc1)N(Cc1ccccc1)Cc1ccccc1. The zero-order chi connectivity index (χ0) is 21.4. The van der Waals surface area contributed by atoms with Gasteiger partial charge in [-0.3, -0.25) is 9.46 Å². The van der Waals surface area contributed by atoms with Gasteiger partial charge >= 0.3 is 7.60 Å². The molecule has 0 radical (unpaired) electrons. The minimum Gasteiger partial charge on any atom is -0.386 e. The van der Waals surface area contributed by atoms with E-state index in [9.17, 15) is 9.67 Å². The van der Waals surface area contributed by atoms with Crippen molar-refractivity contribution in [2.45, 2.75) is 25.0 Å². The van der Waals surface area contributed by atoms with Crippen LogP contribution in [0.3, 0.4) is 0 Å². The fraction of sp³-hybridized carbons (Fsp3) is 0.250. The van der Waals surface area contributed by atoms with Crippen molar-refractivity contribution in [1.29, 1.82) is 0 Å². The second-order valence-electron chi connectivity index (χ2n) is 7.05. The minimum absolute atomic E-state index is 0.473. The van der Waals surface area contributed by atoms with Crippen LogP contribution in [0.25, 0.3) is 0 Å². The highest BCUT2D eigenvalue weighted by Gasteiger charge is 2.44. The van der Waals surface area contributed by atoms with E-state index in [2.05, 4.69) is 0 Å². The van der Waals surface area contributed by atoms with Crippen LogP contribution >= 0.6 is 7.60 Å². The summed E-state index contributed by atoms with van der Waals surface area (Å²) in [7, 11) is -0.948. The second-order valence-corrected chi connectivity index (χ2v) is 9.39. The average Bonchev–Trinajstić information content (AvgIpc) is 2.81. The standard InChI is InChI=1S/C24H28NO4P/c1-28-30(27,29-2)24(23(26)22-16-10-5-11-17-22)25(18-20-12-6-3-7-13-20)19-21-14-8-4-9-15-21/h3-17,23-24,26H,18-19H2,1-2H3/t23-,24+/m1/s1. The first-order valence-corrected chi connectivity index (χ1v) is 11.4. The fourth-order valence-electron chi connectivity index (χ4n) is 3.56. The van der Waals surface area contributed by atoms with E-state index in [0.29, 0.717) is 18.7 Å². The van der Waals surface area contributed by atoms with Crippen LogP contribution in [0.15, 0.2) is 91.0 Å². The molecule has 3 rings (SSSR count). The summed E-state index contributed by atoms with van der Waals surface area (Å²) in [5, 5.41) is 11.3. The number of hydrogen-bond donors (Lipinski definition) is 1. The maximum atomic E-state index is 13.6. The number of rotatable bonds is 10. The lowest BCUT2D eigenvalue weighted by atomic mass is 10.1. The van der Waals surface area contributed by atoms with Gasteiger partial charge in [0.1, 0.15) is 11.9 Å². The lowest BCUT2D eigenvalue weighted by molar-refractivity contribution is 0.0601. The van der Waals surface area contributed by atoms with Crippen molar-refractivity contribution in [2.75, 3.05) is 14.2 Å². The molecular weight excluding hydrogens is 397 g/mol. The highest BCUT2D eigenvalue weighted by atomic mass is 31.2. The van der Waals surface area contributed by atoms with Crippen molar-refractivity contribution in [3.8, 4) is 0 Å². The average molecular weight is 425 g/mol. The lowest BCUT2D eigenvalue weighted by Gasteiger charge is -2.38. The molecule has 30 heavy (non-hydrogen) atoms. The number of hydrogen-bond acceptors (Lipinski definition) is 5. The predicted octanol–water partition coefficient (Wildman–Crippen LogP) is 5.23. The Kier molecular flexibility index (Phi) is 7.97. The summed E-state index contributed by atoms with van der Waals surface area (Å²) >= 11 is 0. The summed E-state index contributed by atoms with van der Waals surface area (Å²) in [5.74, 6) is -0.893. The van der Waals surface area contributed by atoms with E-state index in [-0.39, 0.29) is 0 Å². The van der Waals surface area contributed by atoms with E-state index >= 15 is 0 Å². The molecule has 0 heterocycles. The van der Waals surface area contributed by atoms with Crippen LogP contribution in [0, 0.1) is 0 Å². The number of aliphatic hydroxyl groups excluding tert-OH is 1. The molecule has 0 saturated carbocycles. The molecule has 3 aromatic rings. The fourth-order valence-corrected chi connectivity index (χ4v) is 5.23. The van der Waals surface area contributed by atoms with Gasteiger partial charge in [-0.15, -0.1) is 0 Å². The normalized spacial score (nSPS) is 13.9. The molecule has 0 aromatic heterocycles. The van der Waals surface area contributed by atoms with E-state index in [1.807, 2.05) is 95.9 Å². The summed E-state index contributed by atoms with van der Waals surface area (Å²) < 4.78 is 24.4. The first-order valence-electron chi connectivity index (χ1n) is 9.83. The Morgan fingerprint density at radius 1 is 0.767 bits per heavy atom. The summed E-state index contributed by atoms with van der Waals surface area (Å²) in [6.45, 7) is 0.946. The topological polar surface area (TPSA) is 59.0 Å².